The zero-order chi connectivity index (χ0) is 13.0. The van der Waals surface area contributed by atoms with E-state index in [2.05, 4.69) is 39.7 Å². The van der Waals surface area contributed by atoms with E-state index in [0.717, 1.165) is 30.2 Å². The SMILES string of the molecule is CCCC(Nc1cc(C)nc(C)n1)c1cccs1. The molecule has 3 nitrogen and oxygen atoms in total. The number of nitrogens with one attached hydrogen (secondary N) is 1. The number of hydrogen-bond donors (Lipinski definition) is 1. The topological polar surface area (TPSA) is 37.8 Å². The maximum atomic E-state index is 4.45. The van der Waals surface area contributed by atoms with Gasteiger partial charge in [-0.15, -0.1) is 11.3 Å². The standard InChI is InChI=1S/C14H19N3S/c1-4-6-12(13-7-5-8-18-13)17-14-9-10(2)15-11(3)16-14/h5,7-9,12H,4,6H2,1-3H3,(H,15,16,17). The molecule has 0 aliphatic carbocycles. The summed E-state index contributed by atoms with van der Waals surface area (Å²) in [6, 6.07) is 6.63. The fourth-order valence-electron chi connectivity index (χ4n) is 2.03. The van der Waals surface area contributed by atoms with Gasteiger partial charge in [0, 0.05) is 16.6 Å². The first-order chi connectivity index (χ1) is 8.69. The molecule has 1 N–H and O–H groups in total. The molecule has 2 aromatic heterocycles. The van der Waals surface area contributed by atoms with Crippen molar-refractivity contribution in [3.8, 4) is 0 Å². The Balaban J connectivity index is 2.18. The molecule has 0 spiro atoms. The van der Waals surface area contributed by atoms with Crippen LogP contribution in [-0.2, 0) is 0 Å². The predicted molar refractivity (Wildman–Crippen MR) is 77.1 cm³/mol. The molecule has 2 heterocycles. The summed E-state index contributed by atoms with van der Waals surface area (Å²) in [5.74, 6) is 1.74. The second-order valence-corrected chi connectivity index (χ2v) is 5.42. The zero-order valence-electron chi connectivity index (χ0n) is 11.1. The number of aryl methyl sites for hydroxylation is 2. The average Bonchev–Trinajstić information content (AvgIpc) is 2.80. The van der Waals surface area contributed by atoms with Crippen LogP contribution in [0.15, 0.2) is 23.6 Å². The molecule has 0 aromatic carbocycles. The molecule has 0 saturated heterocycles. The predicted octanol–water partition coefficient (Wildman–Crippen LogP) is 4.11. The molecular weight excluding hydrogens is 242 g/mol. The summed E-state index contributed by atoms with van der Waals surface area (Å²) in [6.07, 6.45) is 2.27. The van der Waals surface area contributed by atoms with Crippen LogP contribution in [0.2, 0.25) is 0 Å². The molecule has 2 aromatic rings. The van der Waals surface area contributed by atoms with E-state index in [1.54, 1.807) is 11.3 Å². The van der Waals surface area contributed by atoms with Gasteiger partial charge in [0.25, 0.3) is 0 Å². The van der Waals surface area contributed by atoms with E-state index in [1.165, 1.54) is 4.88 Å². The third-order valence-electron chi connectivity index (χ3n) is 2.75. The fraction of sp³-hybridized carbons (Fsp3) is 0.429. The summed E-state index contributed by atoms with van der Waals surface area (Å²) in [5, 5.41) is 5.64. The number of nitrogens with zero attached hydrogens (tertiary/aromatic N) is 2. The van der Waals surface area contributed by atoms with Gasteiger partial charge < -0.3 is 5.32 Å². The van der Waals surface area contributed by atoms with Crippen molar-refractivity contribution < 1.29 is 0 Å². The molecular formula is C14H19N3S. The minimum absolute atomic E-state index is 0.351. The lowest BCUT2D eigenvalue weighted by molar-refractivity contribution is 0.683. The van der Waals surface area contributed by atoms with Gasteiger partial charge in [-0.05, 0) is 31.7 Å². The minimum atomic E-state index is 0.351. The van der Waals surface area contributed by atoms with E-state index in [4.69, 9.17) is 0 Å². The molecule has 1 unspecified atom stereocenters. The van der Waals surface area contributed by atoms with Crippen molar-refractivity contribution in [2.24, 2.45) is 0 Å². The number of rotatable bonds is 5. The van der Waals surface area contributed by atoms with Crippen molar-refractivity contribution in [3.05, 3.63) is 40.0 Å². The molecule has 0 aliphatic heterocycles. The van der Waals surface area contributed by atoms with Gasteiger partial charge in [-0.25, -0.2) is 9.97 Å². The van der Waals surface area contributed by atoms with Crippen LogP contribution in [0.25, 0.3) is 0 Å². The monoisotopic (exact) mass is 261 g/mol. The molecule has 0 fully saturated rings. The highest BCUT2D eigenvalue weighted by atomic mass is 32.1. The number of anilines is 1. The van der Waals surface area contributed by atoms with Crippen molar-refractivity contribution in [1.82, 2.24) is 9.97 Å². The maximum Gasteiger partial charge on any atom is 0.130 e. The average molecular weight is 261 g/mol. The van der Waals surface area contributed by atoms with Crippen LogP contribution in [-0.4, -0.2) is 9.97 Å². The Hall–Kier alpha value is -1.42. The summed E-state index contributed by atoms with van der Waals surface area (Å²) in [7, 11) is 0. The number of thiophene rings is 1. The third kappa shape index (κ3) is 3.29. The molecule has 0 aliphatic rings. The first kappa shape index (κ1) is 13.0. The molecule has 0 saturated carbocycles. The largest absolute Gasteiger partial charge is 0.362 e. The quantitative estimate of drug-likeness (QED) is 0.880. The summed E-state index contributed by atoms with van der Waals surface area (Å²) < 4.78 is 0. The van der Waals surface area contributed by atoms with Crippen LogP contribution in [0.4, 0.5) is 5.82 Å². The van der Waals surface area contributed by atoms with E-state index in [-0.39, 0.29) is 0 Å². The van der Waals surface area contributed by atoms with E-state index in [0.29, 0.717) is 6.04 Å². The van der Waals surface area contributed by atoms with E-state index in [9.17, 15) is 0 Å². The first-order valence-electron chi connectivity index (χ1n) is 6.31. The fourth-order valence-corrected chi connectivity index (χ4v) is 2.85. The third-order valence-corrected chi connectivity index (χ3v) is 3.74. The molecule has 0 amide bonds. The number of aromatic nitrogens is 2. The van der Waals surface area contributed by atoms with Crippen LogP contribution in [0, 0.1) is 13.8 Å². The lowest BCUT2D eigenvalue weighted by atomic mass is 10.1. The smallest absolute Gasteiger partial charge is 0.130 e. The van der Waals surface area contributed by atoms with Gasteiger partial charge in [-0.3, -0.25) is 0 Å². The first-order valence-corrected chi connectivity index (χ1v) is 7.19. The normalized spacial score (nSPS) is 12.4. The summed E-state index contributed by atoms with van der Waals surface area (Å²) >= 11 is 1.79. The highest BCUT2D eigenvalue weighted by molar-refractivity contribution is 7.10. The molecule has 96 valence electrons. The van der Waals surface area contributed by atoms with Crippen molar-refractivity contribution in [1.29, 1.82) is 0 Å². The van der Waals surface area contributed by atoms with E-state index < -0.39 is 0 Å². The van der Waals surface area contributed by atoms with Crippen LogP contribution >= 0.6 is 11.3 Å². The Bertz CT molecular complexity index is 473. The highest BCUT2D eigenvalue weighted by Crippen LogP contribution is 2.26. The summed E-state index contributed by atoms with van der Waals surface area (Å²) in [6.45, 7) is 6.14. The van der Waals surface area contributed by atoms with Gasteiger partial charge in [0.05, 0.1) is 6.04 Å². The Morgan fingerprint density at radius 1 is 1.33 bits per heavy atom. The van der Waals surface area contributed by atoms with Crippen molar-refractivity contribution >= 4 is 17.2 Å². The molecule has 1 atom stereocenters. The maximum absolute atomic E-state index is 4.45. The lowest BCUT2D eigenvalue weighted by Crippen LogP contribution is -2.11. The van der Waals surface area contributed by atoms with Gasteiger partial charge >= 0.3 is 0 Å². The Labute approximate surface area is 112 Å². The number of hydrogen-bond acceptors (Lipinski definition) is 4. The van der Waals surface area contributed by atoms with E-state index >= 15 is 0 Å². The zero-order valence-corrected chi connectivity index (χ0v) is 11.9. The van der Waals surface area contributed by atoms with Gasteiger partial charge in [0.2, 0.25) is 0 Å². The second kappa shape index (κ2) is 5.96. The van der Waals surface area contributed by atoms with Crippen LogP contribution in [0.3, 0.4) is 0 Å². The van der Waals surface area contributed by atoms with Crippen molar-refractivity contribution in [2.45, 2.75) is 39.7 Å². The summed E-state index contributed by atoms with van der Waals surface area (Å²) in [5.41, 5.74) is 1.01. The van der Waals surface area contributed by atoms with Crippen molar-refractivity contribution in [3.63, 3.8) is 0 Å². The Morgan fingerprint density at radius 3 is 2.78 bits per heavy atom. The molecule has 0 bridgehead atoms. The molecule has 4 heteroatoms. The van der Waals surface area contributed by atoms with Crippen molar-refractivity contribution in [2.75, 3.05) is 5.32 Å². The summed E-state index contributed by atoms with van der Waals surface area (Å²) in [4.78, 5) is 10.1. The Kier molecular flexibility index (Phi) is 4.31. The van der Waals surface area contributed by atoms with Crippen LogP contribution in [0.1, 0.15) is 42.2 Å². The lowest BCUT2D eigenvalue weighted by Gasteiger charge is -2.17. The second-order valence-electron chi connectivity index (χ2n) is 4.44. The molecule has 0 radical (unpaired) electrons. The minimum Gasteiger partial charge on any atom is -0.362 e. The van der Waals surface area contributed by atoms with Crippen LogP contribution in [0.5, 0.6) is 0 Å². The molecule has 18 heavy (non-hydrogen) atoms. The molecule has 2 rings (SSSR count). The van der Waals surface area contributed by atoms with Gasteiger partial charge in [-0.2, -0.15) is 0 Å². The van der Waals surface area contributed by atoms with Gasteiger partial charge in [0.1, 0.15) is 11.6 Å². The van der Waals surface area contributed by atoms with Crippen LogP contribution < -0.4 is 5.32 Å². The van der Waals surface area contributed by atoms with Gasteiger partial charge in [0.15, 0.2) is 0 Å². The highest BCUT2D eigenvalue weighted by Gasteiger charge is 2.12. The van der Waals surface area contributed by atoms with Gasteiger partial charge in [-0.1, -0.05) is 19.4 Å². The van der Waals surface area contributed by atoms with E-state index in [1.807, 2.05) is 19.9 Å². The Morgan fingerprint density at radius 2 is 2.17 bits per heavy atom.